The molecule has 1 heterocycles. The summed E-state index contributed by atoms with van der Waals surface area (Å²) in [5, 5.41) is 17.4. The molecule has 138 valence electrons. The summed E-state index contributed by atoms with van der Waals surface area (Å²) in [6, 6.07) is 16.3. The van der Waals surface area contributed by atoms with E-state index in [9.17, 15) is 5.21 Å². The first-order chi connectivity index (χ1) is 12.5. The van der Waals surface area contributed by atoms with Crippen molar-refractivity contribution in [2.75, 3.05) is 0 Å². The van der Waals surface area contributed by atoms with E-state index in [2.05, 4.69) is 48.6 Å². The van der Waals surface area contributed by atoms with Crippen LogP contribution in [0.3, 0.4) is 0 Å². The number of quaternary nitrogens is 1. The van der Waals surface area contributed by atoms with Crippen LogP contribution in [0.4, 0.5) is 0 Å². The van der Waals surface area contributed by atoms with E-state index in [-0.39, 0.29) is 23.9 Å². The van der Waals surface area contributed by atoms with Crippen molar-refractivity contribution in [3.63, 3.8) is 0 Å². The van der Waals surface area contributed by atoms with Crippen molar-refractivity contribution in [1.29, 1.82) is 0 Å². The zero-order valence-corrected chi connectivity index (χ0v) is 16.6. The van der Waals surface area contributed by atoms with Crippen LogP contribution in [-0.4, -0.2) is 10.9 Å². The highest BCUT2D eigenvalue weighted by Crippen LogP contribution is 2.36. The van der Waals surface area contributed by atoms with Crippen molar-refractivity contribution in [2.24, 2.45) is 17.0 Å². The molecule has 0 unspecified atom stereocenters. The van der Waals surface area contributed by atoms with Crippen LogP contribution in [0.15, 0.2) is 53.7 Å². The van der Waals surface area contributed by atoms with Gasteiger partial charge in [0.15, 0.2) is 0 Å². The van der Waals surface area contributed by atoms with E-state index in [1.165, 1.54) is 11.1 Å². The smallest absolute Gasteiger partial charge is 0.120 e. The number of benzene rings is 2. The predicted octanol–water partition coefficient (Wildman–Crippen LogP) is 5.24. The topological polar surface area (TPSA) is 49.2 Å². The fourth-order valence-electron chi connectivity index (χ4n) is 4.15. The highest BCUT2D eigenvalue weighted by atomic mass is 35.5. The van der Waals surface area contributed by atoms with Gasteiger partial charge in [-0.05, 0) is 30.7 Å². The molecule has 3 nitrogen and oxygen atoms in total. The third-order valence-corrected chi connectivity index (χ3v) is 5.96. The molecule has 1 saturated heterocycles. The van der Waals surface area contributed by atoms with Crippen molar-refractivity contribution >= 4 is 28.9 Å². The molecule has 1 aliphatic rings. The molecule has 1 aliphatic heterocycles. The molecule has 5 heteroatoms. The van der Waals surface area contributed by atoms with Crippen molar-refractivity contribution in [2.45, 2.75) is 38.8 Å². The van der Waals surface area contributed by atoms with Gasteiger partial charge in [-0.2, -0.15) is 0 Å². The van der Waals surface area contributed by atoms with Gasteiger partial charge in [-0.1, -0.05) is 72.9 Å². The fraction of sp³-hybridized carbons (Fsp3) is 0.381. The van der Waals surface area contributed by atoms with E-state index in [1.807, 2.05) is 24.3 Å². The minimum atomic E-state index is 0.140. The molecule has 0 saturated carbocycles. The molecular formula is C21H25Cl2N2O+. The molecule has 0 amide bonds. The molecule has 2 aromatic carbocycles. The molecule has 0 radical (unpaired) electrons. The van der Waals surface area contributed by atoms with E-state index in [4.69, 9.17) is 23.2 Å². The molecule has 3 rings (SSSR count). The molecule has 3 N–H and O–H groups in total. The first kappa shape index (κ1) is 19.2. The number of hydrogen-bond acceptors (Lipinski definition) is 2. The maximum Gasteiger partial charge on any atom is 0.120 e. The van der Waals surface area contributed by atoms with Gasteiger partial charge in [-0.3, -0.25) is 0 Å². The summed E-state index contributed by atoms with van der Waals surface area (Å²) in [5.41, 5.74) is 3.28. The first-order valence-electron chi connectivity index (χ1n) is 9.13. The third-order valence-electron chi connectivity index (χ3n) is 5.46. The van der Waals surface area contributed by atoms with E-state index >= 15 is 0 Å². The van der Waals surface area contributed by atoms with Gasteiger partial charge in [0.05, 0.1) is 17.5 Å². The van der Waals surface area contributed by atoms with E-state index in [0.29, 0.717) is 0 Å². The lowest BCUT2D eigenvalue weighted by Gasteiger charge is -2.39. The fourth-order valence-corrected chi connectivity index (χ4v) is 4.40. The van der Waals surface area contributed by atoms with Crippen LogP contribution in [0, 0.1) is 11.8 Å². The summed E-state index contributed by atoms with van der Waals surface area (Å²) in [5.74, 6) is 0.339. The maximum absolute atomic E-state index is 9.81. The zero-order chi connectivity index (χ0) is 18.7. The number of oxime groups is 1. The Morgan fingerprint density at radius 3 is 1.88 bits per heavy atom. The van der Waals surface area contributed by atoms with Crippen molar-refractivity contribution in [1.82, 2.24) is 0 Å². The monoisotopic (exact) mass is 391 g/mol. The summed E-state index contributed by atoms with van der Waals surface area (Å²) in [6.45, 7) is 4.31. The van der Waals surface area contributed by atoms with E-state index < -0.39 is 0 Å². The van der Waals surface area contributed by atoms with Crippen LogP contribution in [-0.2, 0) is 0 Å². The quantitative estimate of drug-likeness (QED) is 0.543. The number of nitrogens with two attached hydrogens (primary N) is 1. The summed E-state index contributed by atoms with van der Waals surface area (Å²) in [6.07, 6.45) is 2.03. The number of halogens is 2. The lowest BCUT2D eigenvalue weighted by molar-refractivity contribution is -0.747. The second kappa shape index (κ2) is 8.43. The molecule has 4 atom stereocenters. The number of piperidine rings is 1. The van der Waals surface area contributed by atoms with Gasteiger partial charge in [0, 0.05) is 21.2 Å². The Morgan fingerprint density at radius 2 is 1.42 bits per heavy atom. The van der Waals surface area contributed by atoms with Crippen molar-refractivity contribution < 1.29 is 10.5 Å². The SMILES string of the molecule is CCC[C@H]1/C(=N/O)[C@@H](C)[C@@H](c2ccc(Cl)cc2)[NH2+][C@@H]1c1ccc(Cl)cc1. The Balaban J connectivity index is 2.01. The normalized spacial score (nSPS) is 27.6. The molecule has 0 aliphatic carbocycles. The van der Waals surface area contributed by atoms with Crippen molar-refractivity contribution in [3.05, 3.63) is 69.7 Å². The Morgan fingerprint density at radius 1 is 0.923 bits per heavy atom. The average molecular weight is 392 g/mol. The summed E-state index contributed by atoms with van der Waals surface area (Å²) in [7, 11) is 0. The minimum Gasteiger partial charge on any atom is -0.411 e. The predicted molar refractivity (Wildman–Crippen MR) is 107 cm³/mol. The second-order valence-electron chi connectivity index (χ2n) is 7.06. The third kappa shape index (κ3) is 3.90. The van der Waals surface area contributed by atoms with Crippen LogP contribution in [0.5, 0.6) is 0 Å². The summed E-state index contributed by atoms with van der Waals surface area (Å²) in [4.78, 5) is 0. The zero-order valence-electron chi connectivity index (χ0n) is 15.1. The number of nitrogens with zero attached hydrogens (tertiary/aromatic N) is 1. The molecule has 2 aromatic rings. The lowest BCUT2D eigenvalue weighted by atomic mass is 9.73. The lowest BCUT2D eigenvalue weighted by Crippen LogP contribution is -2.91. The molecule has 0 spiro atoms. The molecule has 0 bridgehead atoms. The van der Waals surface area contributed by atoms with Crippen LogP contribution < -0.4 is 5.32 Å². The van der Waals surface area contributed by atoms with E-state index in [1.54, 1.807) is 0 Å². The molecule has 26 heavy (non-hydrogen) atoms. The Hall–Kier alpha value is -1.55. The van der Waals surface area contributed by atoms with Crippen LogP contribution in [0.1, 0.15) is 49.9 Å². The highest BCUT2D eigenvalue weighted by molar-refractivity contribution is 6.30. The van der Waals surface area contributed by atoms with Gasteiger partial charge >= 0.3 is 0 Å². The van der Waals surface area contributed by atoms with Crippen LogP contribution in [0.2, 0.25) is 10.0 Å². The van der Waals surface area contributed by atoms with E-state index in [0.717, 1.165) is 28.6 Å². The Kier molecular flexibility index (Phi) is 6.23. The Labute approximate surface area is 165 Å². The van der Waals surface area contributed by atoms with Gasteiger partial charge in [-0.15, -0.1) is 0 Å². The van der Waals surface area contributed by atoms with Gasteiger partial charge < -0.3 is 10.5 Å². The maximum atomic E-state index is 9.81. The van der Waals surface area contributed by atoms with Gasteiger partial charge in [-0.25, -0.2) is 0 Å². The molecular weight excluding hydrogens is 367 g/mol. The second-order valence-corrected chi connectivity index (χ2v) is 7.93. The standard InChI is InChI=1S/C21H24Cl2N2O/c1-3-4-18-20(25-26)13(2)19(14-5-9-16(22)10-6-14)24-21(18)15-7-11-17(23)12-8-15/h5-13,18-19,21,24,26H,3-4H2,1-2H3/p+1/b25-20+/t13-,18-,19-,21+/m0/s1. The van der Waals surface area contributed by atoms with Crippen LogP contribution >= 0.6 is 23.2 Å². The Bertz CT molecular complexity index is 759. The van der Waals surface area contributed by atoms with Crippen molar-refractivity contribution in [3.8, 4) is 0 Å². The first-order valence-corrected chi connectivity index (χ1v) is 9.88. The summed E-state index contributed by atoms with van der Waals surface area (Å²) < 4.78 is 0. The largest absolute Gasteiger partial charge is 0.411 e. The van der Waals surface area contributed by atoms with Gasteiger partial charge in [0.1, 0.15) is 12.1 Å². The molecule has 1 fully saturated rings. The minimum absolute atomic E-state index is 0.140. The average Bonchev–Trinajstić information content (AvgIpc) is 2.64. The van der Waals surface area contributed by atoms with Gasteiger partial charge in [0.25, 0.3) is 0 Å². The highest BCUT2D eigenvalue weighted by Gasteiger charge is 2.44. The number of hydrogen-bond donors (Lipinski definition) is 2. The summed E-state index contributed by atoms with van der Waals surface area (Å²) >= 11 is 12.1. The van der Waals surface area contributed by atoms with Crippen LogP contribution in [0.25, 0.3) is 0 Å². The van der Waals surface area contributed by atoms with Gasteiger partial charge in [0.2, 0.25) is 0 Å². The molecule has 0 aromatic heterocycles. The number of rotatable bonds is 4.